The van der Waals surface area contributed by atoms with Crippen LogP contribution in [-0.2, 0) is 28.9 Å². The molecule has 5 unspecified atom stereocenters. The molecule has 0 aliphatic carbocycles. The van der Waals surface area contributed by atoms with Crippen LogP contribution in [0.15, 0.2) is 97.1 Å². The topological polar surface area (TPSA) is 159 Å². The highest BCUT2D eigenvalue weighted by Crippen LogP contribution is 2.17. The maximum Gasteiger partial charge on any atom is 0.240 e. The molecule has 5 atom stereocenters. The number of aromatic hydroxyl groups is 1. The summed E-state index contributed by atoms with van der Waals surface area (Å²) < 4.78 is 0. The van der Waals surface area contributed by atoms with Crippen molar-refractivity contribution < 1.29 is 24.9 Å². The second-order valence-electron chi connectivity index (χ2n) is 9.71. The first-order chi connectivity index (χ1) is 18.7. The van der Waals surface area contributed by atoms with E-state index < -0.39 is 42.0 Å². The standard InChI is InChI=1S/C31H37N3O5/c32-26(19-23-14-16-24(35)17-15-23)29(37)13-7-12-28(36)25(18-21-8-3-1-4-9-21)31(39)34-27(30(33)38)20-22-10-5-2-6-11-22/h1-12,14-17,25-29,35-37H,13,18-20,32H2,(H2,33,38)(H,34,39)/b12-7+. The number of amides is 2. The number of nitrogens with two attached hydrogens (primary N) is 2. The first kappa shape index (κ1) is 29.6. The maximum atomic E-state index is 13.3. The molecule has 0 radical (unpaired) electrons. The van der Waals surface area contributed by atoms with Crippen LogP contribution in [0.2, 0.25) is 0 Å². The van der Waals surface area contributed by atoms with Crippen molar-refractivity contribution in [3.63, 3.8) is 0 Å². The van der Waals surface area contributed by atoms with Gasteiger partial charge < -0.3 is 32.1 Å². The van der Waals surface area contributed by atoms with Gasteiger partial charge in [-0.25, -0.2) is 0 Å². The van der Waals surface area contributed by atoms with Gasteiger partial charge in [-0.05, 0) is 48.1 Å². The smallest absolute Gasteiger partial charge is 0.240 e. The third-order valence-electron chi connectivity index (χ3n) is 6.60. The average Bonchev–Trinajstić information content (AvgIpc) is 2.93. The van der Waals surface area contributed by atoms with Gasteiger partial charge in [-0.3, -0.25) is 9.59 Å². The van der Waals surface area contributed by atoms with E-state index in [-0.39, 0.29) is 25.0 Å². The highest BCUT2D eigenvalue weighted by molar-refractivity contribution is 5.88. The van der Waals surface area contributed by atoms with Gasteiger partial charge in [0.05, 0.1) is 18.1 Å². The zero-order valence-corrected chi connectivity index (χ0v) is 21.8. The highest BCUT2D eigenvalue weighted by Gasteiger charge is 2.29. The predicted molar refractivity (Wildman–Crippen MR) is 150 cm³/mol. The number of aliphatic hydroxyl groups excluding tert-OH is 2. The van der Waals surface area contributed by atoms with E-state index in [0.717, 1.165) is 16.7 Å². The molecular formula is C31H37N3O5. The number of phenolic OH excluding ortho intramolecular Hbond substituents is 1. The molecule has 0 heterocycles. The zero-order chi connectivity index (χ0) is 28.2. The molecule has 206 valence electrons. The Morgan fingerprint density at radius 1 is 0.795 bits per heavy atom. The molecule has 0 spiro atoms. The number of aliphatic hydroxyl groups is 2. The van der Waals surface area contributed by atoms with Crippen molar-refractivity contribution >= 4 is 11.8 Å². The summed E-state index contributed by atoms with van der Waals surface area (Å²) in [5, 5.41) is 33.6. The molecule has 3 rings (SSSR count). The van der Waals surface area contributed by atoms with Crippen molar-refractivity contribution in [1.82, 2.24) is 5.32 Å². The van der Waals surface area contributed by atoms with Crippen molar-refractivity contribution in [1.29, 1.82) is 0 Å². The SMILES string of the molecule is NC(=O)C(Cc1ccccc1)NC(=O)C(Cc1ccccc1)C(O)/C=C/CC(O)C(N)Cc1ccc(O)cc1. The lowest BCUT2D eigenvalue weighted by molar-refractivity contribution is -0.131. The normalized spacial score (nSPS) is 15.3. The van der Waals surface area contributed by atoms with Gasteiger partial charge in [0.25, 0.3) is 0 Å². The number of benzene rings is 3. The van der Waals surface area contributed by atoms with E-state index in [0.29, 0.717) is 6.42 Å². The fourth-order valence-electron chi connectivity index (χ4n) is 4.29. The molecule has 39 heavy (non-hydrogen) atoms. The third kappa shape index (κ3) is 9.68. The fraction of sp³-hybridized carbons (Fsp3) is 0.290. The molecule has 0 fully saturated rings. The Labute approximate surface area is 229 Å². The summed E-state index contributed by atoms with van der Waals surface area (Å²) in [6, 6.07) is 23.6. The minimum Gasteiger partial charge on any atom is -0.508 e. The molecule has 0 aliphatic heterocycles. The number of rotatable bonds is 14. The summed E-state index contributed by atoms with van der Waals surface area (Å²) in [4.78, 5) is 25.5. The van der Waals surface area contributed by atoms with Gasteiger partial charge in [-0.15, -0.1) is 0 Å². The molecule has 0 saturated heterocycles. The Morgan fingerprint density at radius 2 is 1.33 bits per heavy atom. The first-order valence-corrected chi connectivity index (χ1v) is 13.0. The second-order valence-corrected chi connectivity index (χ2v) is 9.71. The van der Waals surface area contributed by atoms with Crippen LogP contribution in [0.1, 0.15) is 23.1 Å². The van der Waals surface area contributed by atoms with Crippen molar-refractivity contribution in [3.05, 3.63) is 114 Å². The molecule has 2 amide bonds. The van der Waals surface area contributed by atoms with Gasteiger partial charge in [-0.1, -0.05) is 84.9 Å². The van der Waals surface area contributed by atoms with Crippen LogP contribution >= 0.6 is 0 Å². The van der Waals surface area contributed by atoms with Crippen LogP contribution in [0, 0.1) is 5.92 Å². The lowest BCUT2D eigenvalue weighted by atomic mass is 9.91. The highest BCUT2D eigenvalue weighted by atomic mass is 16.3. The molecule has 8 N–H and O–H groups in total. The molecule has 3 aromatic rings. The number of phenols is 1. The maximum absolute atomic E-state index is 13.3. The van der Waals surface area contributed by atoms with E-state index in [4.69, 9.17) is 11.5 Å². The van der Waals surface area contributed by atoms with Crippen molar-refractivity contribution in [3.8, 4) is 5.75 Å². The zero-order valence-electron chi connectivity index (χ0n) is 21.8. The minimum atomic E-state index is -1.18. The van der Waals surface area contributed by atoms with Crippen LogP contribution in [0.3, 0.4) is 0 Å². The number of nitrogens with one attached hydrogen (secondary N) is 1. The summed E-state index contributed by atoms with van der Waals surface area (Å²) in [6.07, 6.45) is 2.06. The van der Waals surface area contributed by atoms with E-state index in [9.17, 15) is 24.9 Å². The molecular weight excluding hydrogens is 494 g/mol. The van der Waals surface area contributed by atoms with Crippen LogP contribution < -0.4 is 16.8 Å². The van der Waals surface area contributed by atoms with Crippen molar-refractivity contribution in [2.24, 2.45) is 17.4 Å². The van der Waals surface area contributed by atoms with Gasteiger partial charge in [0.2, 0.25) is 11.8 Å². The summed E-state index contributed by atoms with van der Waals surface area (Å²) in [5.41, 5.74) is 14.3. The van der Waals surface area contributed by atoms with E-state index in [1.807, 2.05) is 60.7 Å². The number of primary amides is 1. The lowest BCUT2D eigenvalue weighted by Crippen LogP contribution is -2.50. The molecule has 3 aromatic carbocycles. The van der Waals surface area contributed by atoms with Crippen LogP contribution in [-0.4, -0.2) is 51.4 Å². The molecule has 8 nitrogen and oxygen atoms in total. The lowest BCUT2D eigenvalue weighted by Gasteiger charge is -2.24. The Bertz CT molecular complexity index is 1200. The Balaban J connectivity index is 1.66. The molecule has 0 aromatic heterocycles. The third-order valence-corrected chi connectivity index (χ3v) is 6.60. The first-order valence-electron chi connectivity index (χ1n) is 13.0. The Kier molecular flexibility index (Phi) is 11.2. The van der Waals surface area contributed by atoms with Crippen LogP contribution in [0.5, 0.6) is 5.75 Å². The predicted octanol–water partition coefficient (Wildman–Crippen LogP) is 2.00. The van der Waals surface area contributed by atoms with Gasteiger partial charge in [0.1, 0.15) is 11.8 Å². The minimum absolute atomic E-state index is 0.154. The fourth-order valence-corrected chi connectivity index (χ4v) is 4.29. The number of hydrogen-bond donors (Lipinski definition) is 6. The number of hydrogen-bond acceptors (Lipinski definition) is 6. The molecule has 8 heteroatoms. The summed E-state index contributed by atoms with van der Waals surface area (Å²) in [5.74, 6) is -1.91. The van der Waals surface area contributed by atoms with Crippen LogP contribution in [0.25, 0.3) is 0 Å². The molecule has 0 bridgehead atoms. The molecule has 0 aliphatic rings. The van der Waals surface area contributed by atoms with Gasteiger partial charge in [0, 0.05) is 12.5 Å². The second kappa shape index (κ2) is 14.8. The van der Waals surface area contributed by atoms with Crippen molar-refractivity contribution in [2.75, 3.05) is 0 Å². The van der Waals surface area contributed by atoms with E-state index in [2.05, 4.69) is 5.32 Å². The number of carbonyl (C=O) groups is 2. The molecule has 0 saturated carbocycles. The quantitative estimate of drug-likeness (QED) is 0.175. The van der Waals surface area contributed by atoms with E-state index in [1.54, 1.807) is 30.3 Å². The average molecular weight is 532 g/mol. The van der Waals surface area contributed by atoms with Gasteiger partial charge in [0.15, 0.2) is 0 Å². The van der Waals surface area contributed by atoms with Crippen molar-refractivity contribution in [2.45, 2.75) is 50.0 Å². The summed E-state index contributed by atoms with van der Waals surface area (Å²) >= 11 is 0. The van der Waals surface area contributed by atoms with E-state index in [1.165, 1.54) is 6.08 Å². The van der Waals surface area contributed by atoms with E-state index >= 15 is 0 Å². The number of carbonyl (C=O) groups excluding carboxylic acids is 2. The van der Waals surface area contributed by atoms with Crippen LogP contribution in [0.4, 0.5) is 0 Å². The Morgan fingerprint density at radius 3 is 1.90 bits per heavy atom. The monoisotopic (exact) mass is 531 g/mol. The van der Waals surface area contributed by atoms with Gasteiger partial charge in [-0.2, -0.15) is 0 Å². The Hall–Kier alpha value is -3.98. The largest absolute Gasteiger partial charge is 0.508 e. The summed E-state index contributed by atoms with van der Waals surface area (Å²) in [7, 11) is 0. The summed E-state index contributed by atoms with van der Waals surface area (Å²) in [6.45, 7) is 0. The van der Waals surface area contributed by atoms with Gasteiger partial charge >= 0.3 is 0 Å².